The van der Waals surface area contributed by atoms with Crippen molar-refractivity contribution < 1.29 is 9.47 Å². The molecular weight excluding hydrogens is 344 g/mol. The number of thiazole rings is 1. The molecule has 3 aromatic rings. The van der Waals surface area contributed by atoms with Crippen molar-refractivity contribution in [3.63, 3.8) is 0 Å². The van der Waals surface area contributed by atoms with Crippen molar-refractivity contribution in [1.29, 1.82) is 0 Å². The van der Waals surface area contributed by atoms with E-state index in [4.69, 9.17) is 14.5 Å². The van der Waals surface area contributed by atoms with Crippen molar-refractivity contribution in [3.05, 3.63) is 52.5 Å². The zero-order chi connectivity index (χ0) is 17.5. The highest BCUT2D eigenvalue weighted by atomic mass is 32.1. The molecule has 0 spiro atoms. The van der Waals surface area contributed by atoms with Gasteiger partial charge in [0.2, 0.25) is 0 Å². The van der Waals surface area contributed by atoms with Gasteiger partial charge >= 0.3 is 0 Å². The van der Waals surface area contributed by atoms with Crippen LogP contribution in [0.15, 0.2) is 36.4 Å². The maximum Gasteiger partial charge on any atom is 0.161 e. The number of aromatic nitrogens is 1. The number of benzene rings is 2. The van der Waals surface area contributed by atoms with Crippen LogP contribution in [0, 0.1) is 6.92 Å². The van der Waals surface area contributed by atoms with Gasteiger partial charge in [0, 0.05) is 30.0 Å². The Bertz CT molecular complexity index is 957. The first-order valence-corrected chi connectivity index (χ1v) is 9.80. The quantitative estimate of drug-likeness (QED) is 0.740. The Morgan fingerprint density at radius 2 is 1.88 bits per heavy atom. The van der Waals surface area contributed by atoms with Crippen molar-refractivity contribution in [2.24, 2.45) is 0 Å². The number of ether oxygens (including phenoxy) is 2. The predicted molar refractivity (Wildman–Crippen MR) is 104 cm³/mol. The Kier molecular flexibility index (Phi) is 3.91. The van der Waals surface area contributed by atoms with E-state index >= 15 is 0 Å². The van der Waals surface area contributed by atoms with Crippen molar-refractivity contribution >= 4 is 11.3 Å². The van der Waals surface area contributed by atoms with Gasteiger partial charge in [0.15, 0.2) is 11.5 Å². The molecule has 2 aliphatic heterocycles. The zero-order valence-electron chi connectivity index (χ0n) is 14.7. The summed E-state index contributed by atoms with van der Waals surface area (Å²) < 4.78 is 11.4. The highest BCUT2D eigenvalue weighted by molar-refractivity contribution is 7.15. The van der Waals surface area contributed by atoms with Crippen LogP contribution in [0.5, 0.6) is 11.5 Å². The van der Waals surface area contributed by atoms with Gasteiger partial charge in [-0.1, -0.05) is 24.3 Å². The SMILES string of the molecule is Cc1c(-c2ccc3c(c2)OCCO3)cccc1-c1nc2c(s1)CNCC2. The summed E-state index contributed by atoms with van der Waals surface area (Å²) in [6, 6.07) is 12.7. The van der Waals surface area contributed by atoms with E-state index in [9.17, 15) is 0 Å². The Labute approximate surface area is 156 Å². The first kappa shape index (κ1) is 15.9. The molecule has 0 aliphatic carbocycles. The van der Waals surface area contributed by atoms with Gasteiger partial charge in [-0.3, -0.25) is 0 Å². The van der Waals surface area contributed by atoms with Gasteiger partial charge in [-0.15, -0.1) is 11.3 Å². The molecule has 5 rings (SSSR count). The molecule has 0 unspecified atom stereocenters. The maximum atomic E-state index is 5.75. The van der Waals surface area contributed by atoms with Gasteiger partial charge in [0.05, 0.1) is 5.69 Å². The van der Waals surface area contributed by atoms with E-state index < -0.39 is 0 Å². The van der Waals surface area contributed by atoms with Crippen LogP contribution in [-0.2, 0) is 13.0 Å². The third-order valence-corrected chi connectivity index (χ3v) is 6.15. The number of hydrogen-bond donors (Lipinski definition) is 1. The van der Waals surface area contributed by atoms with Gasteiger partial charge in [-0.2, -0.15) is 0 Å². The van der Waals surface area contributed by atoms with Crippen LogP contribution in [0.4, 0.5) is 0 Å². The molecule has 2 aliphatic rings. The Morgan fingerprint density at radius 3 is 2.77 bits per heavy atom. The Balaban J connectivity index is 1.57. The fraction of sp³-hybridized carbons (Fsp3) is 0.286. The van der Waals surface area contributed by atoms with Crippen LogP contribution in [0.25, 0.3) is 21.7 Å². The van der Waals surface area contributed by atoms with Crippen molar-refractivity contribution in [2.45, 2.75) is 19.9 Å². The lowest BCUT2D eigenvalue weighted by Gasteiger charge is -2.19. The molecule has 4 nitrogen and oxygen atoms in total. The van der Waals surface area contributed by atoms with E-state index in [2.05, 4.69) is 42.6 Å². The number of nitrogens with zero attached hydrogens (tertiary/aromatic N) is 1. The lowest BCUT2D eigenvalue weighted by Crippen LogP contribution is -2.22. The van der Waals surface area contributed by atoms with Gasteiger partial charge < -0.3 is 14.8 Å². The highest BCUT2D eigenvalue weighted by Crippen LogP contribution is 2.39. The van der Waals surface area contributed by atoms with Crippen LogP contribution >= 0.6 is 11.3 Å². The molecule has 2 aromatic carbocycles. The average molecular weight is 364 g/mol. The summed E-state index contributed by atoms with van der Waals surface area (Å²) in [6.07, 6.45) is 1.02. The van der Waals surface area contributed by atoms with Crippen LogP contribution in [-0.4, -0.2) is 24.7 Å². The summed E-state index contributed by atoms with van der Waals surface area (Å²) in [5.74, 6) is 1.66. The number of nitrogens with one attached hydrogen (secondary N) is 1. The molecule has 1 aromatic heterocycles. The first-order valence-electron chi connectivity index (χ1n) is 8.99. The minimum Gasteiger partial charge on any atom is -0.486 e. The summed E-state index contributed by atoms with van der Waals surface area (Å²) >= 11 is 1.81. The molecular formula is C21H20N2O2S. The molecule has 0 saturated carbocycles. The molecule has 0 bridgehead atoms. The molecule has 26 heavy (non-hydrogen) atoms. The van der Waals surface area contributed by atoms with Crippen molar-refractivity contribution in [2.75, 3.05) is 19.8 Å². The van der Waals surface area contributed by atoms with Gasteiger partial charge in [0.25, 0.3) is 0 Å². The van der Waals surface area contributed by atoms with Crippen LogP contribution < -0.4 is 14.8 Å². The smallest absolute Gasteiger partial charge is 0.161 e. The molecule has 0 atom stereocenters. The van der Waals surface area contributed by atoms with Crippen molar-refractivity contribution in [1.82, 2.24) is 10.3 Å². The van der Waals surface area contributed by atoms with Crippen LogP contribution in [0.1, 0.15) is 16.1 Å². The topological polar surface area (TPSA) is 43.4 Å². The standard InChI is InChI=1S/C21H20N2O2S/c1-13-15(14-5-6-18-19(11-14)25-10-9-24-18)3-2-4-16(13)21-23-17-7-8-22-12-20(17)26-21/h2-6,11,22H,7-10,12H2,1H3. The number of fused-ring (bicyclic) bond motifs is 2. The number of hydrogen-bond acceptors (Lipinski definition) is 5. The molecule has 0 radical (unpaired) electrons. The van der Waals surface area contributed by atoms with Gasteiger partial charge in [0.1, 0.15) is 18.2 Å². The van der Waals surface area contributed by atoms with E-state index in [1.165, 1.54) is 27.3 Å². The monoisotopic (exact) mass is 364 g/mol. The van der Waals surface area contributed by atoms with Gasteiger partial charge in [-0.05, 0) is 35.7 Å². The summed E-state index contributed by atoms with van der Waals surface area (Å²) in [5, 5.41) is 4.55. The maximum absolute atomic E-state index is 5.75. The normalized spacial score (nSPS) is 15.6. The molecule has 3 heterocycles. The van der Waals surface area contributed by atoms with Crippen molar-refractivity contribution in [3.8, 4) is 33.2 Å². The second-order valence-corrected chi connectivity index (χ2v) is 7.74. The first-order chi connectivity index (χ1) is 12.8. The largest absolute Gasteiger partial charge is 0.486 e. The fourth-order valence-corrected chi connectivity index (χ4v) is 4.79. The van der Waals surface area contributed by atoms with E-state index in [0.29, 0.717) is 13.2 Å². The second kappa shape index (κ2) is 6.41. The van der Waals surface area contributed by atoms with E-state index in [1.54, 1.807) is 0 Å². The van der Waals surface area contributed by atoms with E-state index in [1.807, 2.05) is 17.4 Å². The highest BCUT2D eigenvalue weighted by Gasteiger charge is 2.18. The third-order valence-electron chi connectivity index (χ3n) is 5.02. The molecule has 0 saturated heterocycles. The fourth-order valence-electron chi connectivity index (χ4n) is 3.63. The summed E-state index contributed by atoms with van der Waals surface area (Å²) in [4.78, 5) is 6.29. The van der Waals surface area contributed by atoms with Gasteiger partial charge in [-0.25, -0.2) is 4.98 Å². The Morgan fingerprint density at radius 1 is 1.04 bits per heavy atom. The minimum absolute atomic E-state index is 0.605. The van der Waals surface area contributed by atoms with E-state index in [0.717, 1.165) is 41.6 Å². The lowest BCUT2D eigenvalue weighted by atomic mass is 9.96. The van der Waals surface area contributed by atoms with E-state index in [-0.39, 0.29) is 0 Å². The van der Waals surface area contributed by atoms with Crippen LogP contribution in [0.2, 0.25) is 0 Å². The lowest BCUT2D eigenvalue weighted by molar-refractivity contribution is 0.171. The predicted octanol–water partition coefficient (Wildman–Crippen LogP) is 4.20. The molecule has 0 fully saturated rings. The van der Waals surface area contributed by atoms with Crippen LogP contribution in [0.3, 0.4) is 0 Å². The third kappa shape index (κ3) is 2.68. The Hall–Kier alpha value is -2.37. The molecule has 5 heteroatoms. The summed E-state index contributed by atoms with van der Waals surface area (Å²) in [5.41, 5.74) is 6.09. The number of rotatable bonds is 2. The molecule has 0 amide bonds. The second-order valence-electron chi connectivity index (χ2n) is 6.65. The molecule has 1 N–H and O–H groups in total. The summed E-state index contributed by atoms with van der Waals surface area (Å²) in [6.45, 7) is 5.36. The summed E-state index contributed by atoms with van der Waals surface area (Å²) in [7, 11) is 0. The minimum atomic E-state index is 0.605. The molecule has 132 valence electrons. The zero-order valence-corrected chi connectivity index (χ0v) is 15.5. The average Bonchev–Trinajstić information content (AvgIpc) is 3.12.